The van der Waals surface area contributed by atoms with Gasteiger partial charge in [-0.15, -0.1) is 0 Å². The van der Waals surface area contributed by atoms with E-state index in [1.165, 1.54) is 25.0 Å². The highest BCUT2D eigenvalue weighted by atomic mass is 16.5. The van der Waals surface area contributed by atoms with Crippen molar-refractivity contribution >= 4 is 0 Å². The number of aromatic nitrogens is 2. The van der Waals surface area contributed by atoms with E-state index >= 15 is 0 Å². The fourth-order valence-electron chi connectivity index (χ4n) is 2.01. The average Bonchev–Trinajstić information content (AvgIpc) is 2.68. The summed E-state index contributed by atoms with van der Waals surface area (Å²) in [5.74, 6) is 0. The molecule has 0 aliphatic carbocycles. The van der Waals surface area contributed by atoms with Gasteiger partial charge in [-0.2, -0.15) is 0 Å². The minimum Gasteiger partial charge on any atom is -0.376 e. The largest absolute Gasteiger partial charge is 0.376 e. The lowest BCUT2D eigenvalue weighted by atomic mass is 10.1. The van der Waals surface area contributed by atoms with Gasteiger partial charge in [0.25, 0.3) is 0 Å². The van der Waals surface area contributed by atoms with Crippen molar-refractivity contribution in [3.8, 4) is 0 Å². The van der Waals surface area contributed by atoms with E-state index in [0.29, 0.717) is 6.10 Å². The van der Waals surface area contributed by atoms with Gasteiger partial charge >= 0.3 is 0 Å². The number of hydrogen-bond donors (Lipinski definition) is 1. The Kier molecular flexibility index (Phi) is 3.75. The third kappa shape index (κ3) is 2.79. The number of rotatable bonds is 4. The van der Waals surface area contributed by atoms with Crippen LogP contribution in [0.5, 0.6) is 0 Å². The quantitative estimate of drug-likeness (QED) is 0.809. The molecule has 2 rings (SSSR count). The normalized spacial score (nSPS) is 21.8. The van der Waals surface area contributed by atoms with Crippen molar-refractivity contribution in [3.63, 3.8) is 0 Å². The number of ether oxygens (including phenoxy) is 1. The molecule has 1 atom stereocenters. The van der Waals surface area contributed by atoms with E-state index in [1.54, 1.807) is 0 Å². The van der Waals surface area contributed by atoms with Crippen LogP contribution in [0.1, 0.15) is 25.0 Å². The number of nitrogens with zero attached hydrogens (tertiary/aromatic N) is 2. The molecule has 1 aliphatic heterocycles. The molecule has 15 heavy (non-hydrogen) atoms. The van der Waals surface area contributed by atoms with Crippen molar-refractivity contribution in [2.45, 2.75) is 38.5 Å². The summed E-state index contributed by atoms with van der Waals surface area (Å²) in [6, 6.07) is 0. The van der Waals surface area contributed by atoms with Crippen molar-refractivity contribution in [2.75, 3.05) is 13.7 Å². The fraction of sp³-hybridized carbons (Fsp3) is 0.727. The minimum atomic E-state index is 0.378. The molecular weight excluding hydrogens is 190 g/mol. The highest BCUT2D eigenvalue weighted by Gasteiger charge is 2.15. The Hall–Kier alpha value is -0.870. The maximum Gasteiger partial charge on any atom is 0.0949 e. The maximum atomic E-state index is 5.72. The van der Waals surface area contributed by atoms with Crippen LogP contribution in [-0.4, -0.2) is 29.3 Å². The van der Waals surface area contributed by atoms with Gasteiger partial charge in [0.15, 0.2) is 0 Å². The van der Waals surface area contributed by atoms with Crippen LogP contribution in [0.15, 0.2) is 12.5 Å². The van der Waals surface area contributed by atoms with E-state index in [9.17, 15) is 0 Å². The molecular formula is C11H19N3O. The second kappa shape index (κ2) is 5.28. The lowest BCUT2D eigenvalue weighted by Gasteiger charge is -2.23. The van der Waals surface area contributed by atoms with Gasteiger partial charge < -0.3 is 14.6 Å². The molecule has 1 aromatic heterocycles. The van der Waals surface area contributed by atoms with Crippen LogP contribution in [0.25, 0.3) is 0 Å². The Morgan fingerprint density at radius 1 is 1.60 bits per heavy atom. The number of nitrogens with one attached hydrogen (secondary N) is 1. The summed E-state index contributed by atoms with van der Waals surface area (Å²) in [6.07, 6.45) is 7.87. The highest BCUT2D eigenvalue weighted by Crippen LogP contribution is 2.15. The van der Waals surface area contributed by atoms with Gasteiger partial charge in [0.1, 0.15) is 0 Å². The van der Waals surface area contributed by atoms with Crippen LogP contribution in [0, 0.1) is 0 Å². The third-order valence-electron chi connectivity index (χ3n) is 2.83. The first-order valence-electron chi connectivity index (χ1n) is 5.65. The second-order valence-corrected chi connectivity index (χ2v) is 4.06. The van der Waals surface area contributed by atoms with Crippen LogP contribution in [-0.2, 0) is 17.8 Å². The molecule has 4 nitrogen and oxygen atoms in total. The van der Waals surface area contributed by atoms with Crippen LogP contribution in [0.4, 0.5) is 0 Å². The lowest BCUT2D eigenvalue weighted by molar-refractivity contribution is 0.00554. The molecule has 0 amide bonds. The van der Waals surface area contributed by atoms with Crippen LogP contribution in [0.3, 0.4) is 0 Å². The van der Waals surface area contributed by atoms with Gasteiger partial charge in [-0.25, -0.2) is 4.98 Å². The topological polar surface area (TPSA) is 39.1 Å². The monoisotopic (exact) mass is 209 g/mol. The van der Waals surface area contributed by atoms with E-state index < -0.39 is 0 Å². The van der Waals surface area contributed by atoms with Crippen LogP contribution in [0.2, 0.25) is 0 Å². The Bertz CT molecular complexity index is 292. The molecule has 84 valence electrons. The van der Waals surface area contributed by atoms with Crippen molar-refractivity contribution < 1.29 is 4.74 Å². The standard InChI is InChI=1S/C11H19N3O/c1-12-6-10-7-13-9-14(10)8-11-4-2-3-5-15-11/h7,9,11-12H,2-6,8H2,1H3. The fourth-order valence-corrected chi connectivity index (χ4v) is 2.01. The molecule has 1 fully saturated rings. The van der Waals surface area contributed by atoms with Gasteiger partial charge in [-0.3, -0.25) is 0 Å². The first kappa shape index (κ1) is 10.6. The van der Waals surface area contributed by atoms with Crippen molar-refractivity contribution in [1.82, 2.24) is 14.9 Å². The molecule has 1 saturated heterocycles. The van der Waals surface area contributed by atoms with Gasteiger partial charge in [-0.05, 0) is 26.3 Å². The molecule has 1 aromatic rings. The Morgan fingerprint density at radius 3 is 3.27 bits per heavy atom. The molecule has 4 heteroatoms. The summed E-state index contributed by atoms with van der Waals surface area (Å²) in [5, 5.41) is 3.15. The summed E-state index contributed by atoms with van der Waals surface area (Å²) in [5.41, 5.74) is 1.23. The van der Waals surface area contributed by atoms with Crippen LogP contribution >= 0.6 is 0 Å². The summed E-state index contributed by atoms with van der Waals surface area (Å²) in [6.45, 7) is 2.73. The third-order valence-corrected chi connectivity index (χ3v) is 2.83. The van der Waals surface area contributed by atoms with Crippen molar-refractivity contribution in [3.05, 3.63) is 18.2 Å². The zero-order valence-corrected chi connectivity index (χ0v) is 9.28. The molecule has 2 heterocycles. The lowest BCUT2D eigenvalue weighted by Crippen LogP contribution is -2.25. The first-order chi connectivity index (χ1) is 7.40. The summed E-state index contributed by atoms with van der Waals surface area (Å²) < 4.78 is 7.90. The maximum absolute atomic E-state index is 5.72. The van der Waals surface area contributed by atoms with E-state index in [2.05, 4.69) is 14.9 Å². The Morgan fingerprint density at radius 2 is 2.53 bits per heavy atom. The molecule has 1 aliphatic rings. The van der Waals surface area contributed by atoms with E-state index in [4.69, 9.17) is 4.74 Å². The molecule has 1 unspecified atom stereocenters. The first-order valence-corrected chi connectivity index (χ1v) is 5.65. The van der Waals surface area contributed by atoms with E-state index in [-0.39, 0.29) is 0 Å². The molecule has 1 N–H and O–H groups in total. The smallest absolute Gasteiger partial charge is 0.0949 e. The zero-order chi connectivity index (χ0) is 10.5. The van der Waals surface area contributed by atoms with Gasteiger partial charge in [0, 0.05) is 19.3 Å². The van der Waals surface area contributed by atoms with Crippen molar-refractivity contribution in [1.29, 1.82) is 0 Å². The van der Waals surface area contributed by atoms with Gasteiger partial charge in [0.2, 0.25) is 0 Å². The Labute approximate surface area is 90.6 Å². The zero-order valence-electron chi connectivity index (χ0n) is 9.28. The SMILES string of the molecule is CNCc1cncn1CC1CCCCO1. The molecule has 0 aromatic carbocycles. The van der Waals surface area contributed by atoms with Crippen molar-refractivity contribution in [2.24, 2.45) is 0 Å². The summed E-state index contributed by atoms with van der Waals surface area (Å²) in [7, 11) is 1.95. The average molecular weight is 209 g/mol. The minimum absolute atomic E-state index is 0.378. The molecule has 0 bridgehead atoms. The van der Waals surface area contributed by atoms with Gasteiger partial charge in [0.05, 0.1) is 24.7 Å². The van der Waals surface area contributed by atoms with E-state index in [0.717, 1.165) is 19.7 Å². The van der Waals surface area contributed by atoms with Crippen LogP contribution < -0.4 is 5.32 Å². The predicted molar refractivity (Wildman–Crippen MR) is 58.6 cm³/mol. The summed E-state index contributed by atoms with van der Waals surface area (Å²) in [4.78, 5) is 4.17. The number of hydrogen-bond acceptors (Lipinski definition) is 3. The van der Waals surface area contributed by atoms with E-state index in [1.807, 2.05) is 19.6 Å². The second-order valence-electron chi connectivity index (χ2n) is 4.06. The van der Waals surface area contributed by atoms with Gasteiger partial charge in [-0.1, -0.05) is 0 Å². The Balaban J connectivity index is 1.93. The number of imidazole rings is 1. The highest BCUT2D eigenvalue weighted by molar-refractivity contribution is 4.98. The molecule has 0 radical (unpaired) electrons. The predicted octanol–water partition coefficient (Wildman–Crippen LogP) is 1.17. The molecule has 0 saturated carbocycles. The molecule has 0 spiro atoms. The summed E-state index contributed by atoms with van der Waals surface area (Å²) >= 11 is 0.